The Morgan fingerprint density at radius 3 is 2.57 bits per heavy atom. The summed E-state index contributed by atoms with van der Waals surface area (Å²) in [6.07, 6.45) is 1.42. The number of benzene rings is 2. The molecular weight excluding hydrogens is 433 g/mol. The van der Waals surface area contributed by atoms with Crippen LogP contribution in [0.15, 0.2) is 59.6 Å². The highest BCUT2D eigenvalue weighted by Gasteiger charge is 2.17. The maximum absolute atomic E-state index is 13.7. The third kappa shape index (κ3) is 3.74. The second-order valence-electron chi connectivity index (χ2n) is 6.47. The van der Waals surface area contributed by atoms with E-state index in [1.807, 2.05) is 0 Å². The molecule has 0 saturated carbocycles. The Bertz CT molecular complexity index is 1350. The molecule has 30 heavy (non-hydrogen) atoms. The number of aromatic amines is 1. The van der Waals surface area contributed by atoms with Crippen LogP contribution in [0.1, 0.15) is 10.5 Å². The molecule has 0 radical (unpaired) electrons. The fourth-order valence-corrected chi connectivity index (χ4v) is 4.15. The molecule has 0 fully saturated rings. The summed E-state index contributed by atoms with van der Waals surface area (Å²) in [7, 11) is -2.13. The van der Waals surface area contributed by atoms with Crippen LogP contribution >= 0.6 is 11.6 Å². The Hall–Kier alpha value is -3.37. The molecule has 2 aromatic heterocycles. The van der Waals surface area contributed by atoms with Crippen LogP contribution in [0.5, 0.6) is 0 Å². The van der Waals surface area contributed by atoms with Crippen LogP contribution in [0.4, 0.5) is 15.9 Å². The first kappa shape index (κ1) is 19.9. The number of nitrogens with one attached hydrogen (secondary N) is 3. The van der Waals surface area contributed by atoms with Gasteiger partial charge >= 0.3 is 0 Å². The van der Waals surface area contributed by atoms with Crippen molar-refractivity contribution in [2.45, 2.75) is 4.90 Å². The lowest BCUT2D eigenvalue weighted by Gasteiger charge is -2.09. The van der Waals surface area contributed by atoms with Gasteiger partial charge in [0.15, 0.2) is 0 Å². The number of nitrogens with zero attached hydrogens (tertiary/aromatic N) is 2. The normalized spacial score (nSPS) is 11.6. The van der Waals surface area contributed by atoms with Crippen molar-refractivity contribution in [2.24, 2.45) is 7.05 Å². The SMILES string of the molecule is Cn1c(C(=O)Nc2ccc(S(=O)(=O)Nc3ccn[nH]3)cc2)cc2cc(F)c(Cl)cc21. The lowest BCUT2D eigenvalue weighted by Crippen LogP contribution is -2.16. The minimum absolute atomic E-state index is 0.0184. The predicted octanol–water partition coefficient (Wildman–Crippen LogP) is 3.75. The molecule has 1 amide bonds. The Balaban J connectivity index is 1.54. The number of carbonyl (C=O) groups excluding carboxylic acids is 1. The summed E-state index contributed by atoms with van der Waals surface area (Å²) in [4.78, 5) is 12.7. The van der Waals surface area contributed by atoms with Gasteiger partial charge in [-0.05, 0) is 42.5 Å². The minimum Gasteiger partial charge on any atom is -0.340 e. The number of hydrogen-bond donors (Lipinski definition) is 3. The van der Waals surface area contributed by atoms with E-state index in [0.717, 1.165) is 0 Å². The molecule has 11 heteroatoms. The highest BCUT2D eigenvalue weighted by atomic mass is 35.5. The average Bonchev–Trinajstić information content (AvgIpc) is 3.31. The molecule has 8 nitrogen and oxygen atoms in total. The number of halogens is 2. The first-order chi connectivity index (χ1) is 14.2. The van der Waals surface area contributed by atoms with Gasteiger partial charge in [0.1, 0.15) is 17.3 Å². The molecule has 2 heterocycles. The van der Waals surface area contributed by atoms with Crippen LogP contribution in [-0.4, -0.2) is 29.1 Å². The highest BCUT2D eigenvalue weighted by Crippen LogP contribution is 2.26. The maximum Gasteiger partial charge on any atom is 0.272 e. The zero-order valence-corrected chi connectivity index (χ0v) is 17.1. The standard InChI is InChI=1S/C19H15ClFN5O3S/c1-26-16-10-14(20)15(21)8-11(16)9-17(26)19(27)23-12-2-4-13(5-3-12)30(28,29)25-18-6-7-22-24-18/h2-10H,1H3,(H,23,27)(H2,22,24,25). The summed E-state index contributed by atoms with van der Waals surface area (Å²) in [6, 6.07) is 11.4. The van der Waals surface area contributed by atoms with Crippen LogP contribution in [0.2, 0.25) is 5.02 Å². The smallest absolute Gasteiger partial charge is 0.272 e. The first-order valence-electron chi connectivity index (χ1n) is 8.63. The van der Waals surface area contributed by atoms with E-state index in [4.69, 9.17) is 11.6 Å². The first-order valence-corrected chi connectivity index (χ1v) is 10.5. The van der Waals surface area contributed by atoms with Crippen molar-refractivity contribution in [3.05, 3.63) is 71.3 Å². The third-order valence-electron chi connectivity index (χ3n) is 4.48. The van der Waals surface area contributed by atoms with Crippen LogP contribution in [-0.2, 0) is 17.1 Å². The molecule has 0 aliphatic rings. The predicted molar refractivity (Wildman–Crippen MR) is 112 cm³/mol. The Labute approximate surface area is 175 Å². The number of rotatable bonds is 5. The van der Waals surface area contributed by atoms with Crippen LogP contribution in [0.25, 0.3) is 10.9 Å². The quantitative estimate of drug-likeness (QED) is 0.433. The fourth-order valence-electron chi connectivity index (χ4n) is 2.98. The lowest BCUT2D eigenvalue weighted by molar-refractivity contribution is 0.101. The molecule has 4 rings (SSSR count). The summed E-state index contributed by atoms with van der Waals surface area (Å²) in [5.41, 5.74) is 1.30. The van der Waals surface area contributed by atoms with Crippen molar-refractivity contribution in [3.8, 4) is 0 Å². The van der Waals surface area contributed by atoms with E-state index in [1.165, 1.54) is 48.7 Å². The zero-order valence-electron chi connectivity index (χ0n) is 15.5. The molecule has 2 aromatic carbocycles. The Morgan fingerprint density at radius 2 is 1.90 bits per heavy atom. The van der Waals surface area contributed by atoms with Gasteiger partial charge in [-0.2, -0.15) is 5.10 Å². The van der Waals surface area contributed by atoms with Crippen molar-refractivity contribution in [1.82, 2.24) is 14.8 Å². The zero-order chi connectivity index (χ0) is 21.5. The monoisotopic (exact) mass is 447 g/mol. The van der Waals surface area contributed by atoms with Crippen molar-refractivity contribution < 1.29 is 17.6 Å². The van der Waals surface area contributed by atoms with Crippen molar-refractivity contribution >= 4 is 49.9 Å². The maximum atomic E-state index is 13.7. The lowest BCUT2D eigenvalue weighted by atomic mass is 10.2. The minimum atomic E-state index is -3.80. The second-order valence-corrected chi connectivity index (χ2v) is 8.56. The molecular formula is C19H15ClFN5O3S. The number of fused-ring (bicyclic) bond motifs is 1. The molecule has 0 bridgehead atoms. The Kier molecular flexibility index (Phi) is 4.96. The van der Waals surface area contributed by atoms with Crippen molar-refractivity contribution in [3.63, 3.8) is 0 Å². The number of aromatic nitrogens is 3. The van der Waals surface area contributed by atoms with Gasteiger partial charge in [-0.3, -0.25) is 14.6 Å². The number of sulfonamides is 1. The largest absolute Gasteiger partial charge is 0.340 e. The molecule has 3 N–H and O–H groups in total. The van der Waals surface area contributed by atoms with Gasteiger partial charge in [-0.15, -0.1) is 0 Å². The number of amides is 1. The molecule has 4 aromatic rings. The van der Waals surface area contributed by atoms with Crippen LogP contribution < -0.4 is 10.0 Å². The second kappa shape index (κ2) is 7.47. The summed E-state index contributed by atoms with van der Waals surface area (Å²) in [5.74, 6) is -0.765. The van der Waals surface area contributed by atoms with Gasteiger partial charge in [-0.1, -0.05) is 11.6 Å². The molecule has 0 unspecified atom stereocenters. The number of aryl methyl sites for hydroxylation is 1. The molecule has 0 saturated heterocycles. The van der Waals surface area contributed by atoms with Crippen molar-refractivity contribution in [1.29, 1.82) is 0 Å². The van der Waals surface area contributed by atoms with E-state index in [0.29, 0.717) is 22.3 Å². The van der Waals surface area contributed by atoms with Crippen LogP contribution in [0, 0.1) is 5.82 Å². The summed E-state index contributed by atoms with van der Waals surface area (Å²) in [6.45, 7) is 0. The number of H-pyrrole nitrogens is 1. The molecule has 0 aliphatic heterocycles. The summed E-state index contributed by atoms with van der Waals surface area (Å²) in [5, 5.41) is 9.39. The van der Waals surface area contributed by atoms with E-state index < -0.39 is 21.7 Å². The van der Waals surface area contributed by atoms with E-state index in [1.54, 1.807) is 17.7 Å². The van der Waals surface area contributed by atoms with Gasteiger partial charge in [0, 0.05) is 24.2 Å². The van der Waals surface area contributed by atoms with E-state index in [9.17, 15) is 17.6 Å². The van der Waals surface area contributed by atoms with Gasteiger partial charge in [0.25, 0.3) is 15.9 Å². The van der Waals surface area contributed by atoms with Crippen molar-refractivity contribution in [2.75, 3.05) is 10.0 Å². The average molecular weight is 448 g/mol. The van der Waals surface area contributed by atoms with Gasteiger partial charge in [0.05, 0.1) is 21.6 Å². The number of carbonyl (C=O) groups is 1. The molecule has 0 atom stereocenters. The van der Waals surface area contributed by atoms with Gasteiger partial charge < -0.3 is 9.88 Å². The Morgan fingerprint density at radius 1 is 1.17 bits per heavy atom. The van der Waals surface area contributed by atoms with E-state index in [-0.39, 0.29) is 15.7 Å². The summed E-state index contributed by atoms with van der Waals surface area (Å²) < 4.78 is 42.4. The van der Waals surface area contributed by atoms with Crippen LogP contribution in [0.3, 0.4) is 0 Å². The number of anilines is 2. The third-order valence-corrected chi connectivity index (χ3v) is 6.16. The molecule has 0 aliphatic carbocycles. The van der Waals surface area contributed by atoms with Gasteiger partial charge in [-0.25, -0.2) is 12.8 Å². The topological polar surface area (TPSA) is 109 Å². The fraction of sp³-hybridized carbons (Fsp3) is 0.0526. The molecule has 154 valence electrons. The number of hydrogen-bond acceptors (Lipinski definition) is 4. The highest BCUT2D eigenvalue weighted by molar-refractivity contribution is 7.92. The summed E-state index contributed by atoms with van der Waals surface area (Å²) >= 11 is 5.83. The molecule has 0 spiro atoms. The van der Waals surface area contributed by atoms with Gasteiger partial charge in [0.2, 0.25) is 0 Å². The van der Waals surface area contributed by atoms with E-state index >= 15 is 0 Å². The van der Waals surface area contributed by atoms with E-state index in [2.05, 4.69) is 20.2 Å².